The van der Waals surface area contributed by atoms with Gasteiger partial charge in [-0.25, -0.2) is 4.98 Å². The summed E-state index contributed by atoms with van der Waals surface area (Å²) in [6.07, 6.45) is 3.48. The largest absolute Gasteiger partial charge is 0.340 e. The summed E-state index contributed by atoms with van der Waals surface area (Å²) in [4.78, 5) is 47.9. The number of hydrogen-bond donors (Lipinski definition) is 1. The molecule has 1 aromatic carbocycles. The number of nitrogens with zero attached hydrogens (tertiary/aromatic N) is 3. The van der Waals surface area contributed by atoms with Gasteiger partial charge in [-0.2, -0.15) is 0 Å². The van der Waals surface area contributed by atoms with E-state index in [1.165, 1.54) is 4.90 Å². The molecule has 1 aromatic heterocycles. The molecule has 2 heterocycles. The SMILES string of the molecule is CN(Cc1nc2ccccc2[nH]1)C(=O)CN1C(=O)[C@H]2CCCC[C@@H]2C1=O. The second kappa shape index (κ2) is 6.55. The normalized spacial score (nSPS) is 22.7. The Hall–Kier alpha value is -2.70. The minimum absolute atomic E-state index is 0.176. The molecule has 7 heteroatoms. The van der Waals surface area contributed by atoms with E-state index < -0.39 is 0 Å². The van der Waals surface area contributed by atoms with Crippen molar-refractivity contribution in [2.75, 3.05) is 13.6 Å². The van der Waals surface area contributed by atoms with Crippen LogP contribution >= 0.6 is 0 Å². The highest BCUT2D eigenvalue weighted by atomic mass is 16.2. The Morgan fingerprint density at radius 1 is 1.19 bits per heavy atom. The molecule has 1 N–H and O–H groups in total. The number of likely N-dealkylation sites (tertiary alicyclic amines) is 1. The number of hydrogen-bond acceptors (Lipinski definition) is 4. The highest BCUT2D eigenvalue weighted by molar-refractivity contribution is 6.07. The van der Waals surface area contributed by atoms with Crippen molar-refractivity contribution in [3.05, 3.63) is 30.1 Å². The molecule has 0 bridgehead atoms. The molecule has 0 radical (unpaired) electrons. The standard InChI is InChI=1S/C19H22N4O3/c1-22(10-16-20-14-8-4-5-9-15(14)21-16)17(24)11-23-18(25)12-6-2-3-7-13(12)19(23)26/h4-5,8-9,12-13H,2-3,6-7,10-11H2,1H3,(H,20,21)/t12-,13-/m0/s1. The second-order valence-electron chi connectivity index (χ2n) is 7.21. The number of para-hydroxylation sites is 2. The number of carbonyl (C=O) groups is 3. The molecular formula is C19H22N4O3. The third-order valence-electron chi connectivity index (χ3n) is 5.48. The summed E-state index contributed by atoms with van der Waals surface area (Å²) in [5.74, 6) is -0.370. The number of imidazole rings is 1. The number of likely N-dealkylation sites (N-methyl/N-ethyl adjacent to an activating group) is 1. The number of carbonyl (C=O) groups excluding carboxylic acids is 3. The van der Waals surface area contributed by atoms with Crippen LogP contribution < -0.4 is 0 Å². The number of H-pyrrole nitrogens is 1. The molecule has 2 aliphatic rings. The van der Waals surface area contributed by atoms with Gasteiger partial charge in [0.05, 0.1) is 29.4 Å². The predicted molar refractivity (Wildman–Crippen MR) is 94.7 cm³/mol. The van der Waals surface area contributed by atoms with E-state index in [9.17, 15) is 14.4 Å². The number of rotatable bonds is 4. The van der Waals surface area contributed by atoms with E-state index in [-0.39, 0.29) is 36.1 Å². The maximum Gasteiger partial charge on any atom is 0.242 e. The highest BCUT2D eigenvalue weighted by Crippen LogP contribution is 2.37. The lowest BCUT2D eigenvalue weighted by Gasteiger charge is -2.20. The first-order valence-electron chi connectivity index (χ1n) is 9.07. The smallest absolute Gasteiger partial charge is 0.242 e. The zero-order valence-electron chi connectivity index (χ0n) is 14.8. The lowest BCUT2D eigenvalue weighted by molar-refractivity contribution is -0.146. The van der Waals surface area contributed by atoms with E-state index >= 15 is 0 Å². The molecule has 0 unspecified atom stereocenters. The second-order valence-corrected chi connectivity index (χ2v) is 7.21. The Labute approximate surface area is 151 Å². The average molecular weight is 354 g/mol. The first kappa shape index (κ1) is 16.8. The van der Waals surface area contributed by atoms with Crippen LogP contribution in [0.5, 0.6) is 0 Å². The molecular weight excluding hydrogens is 332 g/mol. The minimum atomic E-state index is -0.259. The fraction of sp³-hybridized carbons (Fsp3) is 0.474. The van der Waals surface area contributed by atoms with Crippen molar-refractivity contribution in [2.24, 2.45) is 11.8 Å². The van der Waals surface area contributed by atoms with Crippen molar-refractivity contribution in [1.29, 1.82) is 0 Å². The topological polar surface area (TPSA) is 86.4 Å². The molecule has 1 saturated heterocycles. The fourth-order valence-electron chi connectivity index (χ4n) is 4.04. The van der Waals surface area contributed by atoms with Crippen LogP contribution in [-0.2, 0) is 20.9 Å². The molecule has 1 aliphatic carbocycles. The zero-order valence-corrected chi connectivity index (χ0v) is 14.8. The molecule has 0 spiro atoms. The number of amides is 3. The number of aromatic amines is 1. The molecule has 3 amide bonds. The Balaban J connectivity index is 1.42. The first-order chi connectivity index (χ1) is 12.5. The van der Waals surface area contributed by atoms with E-state index in [2.05, 4.69) is 9.97 Å². The van der Waals surface area contributed by atoms with Crippen molar-refractivity contribution in [3.8, 4) is 0 Å². The number of imide groups is 1. The third kappa shape index (κ3) is 2.87. The molecule has 2 atom stereocenters. The summed E-state index contributed by atoms with van der Waals surface area (Å²) < 4.78 is 0. The summed E-state index contributed by atoms with van der Waals surface area (Å²) in [6, 6.07) is 7.66. The van der Waals surface area contributed by atoms with Crippen molar-refractivity contribution in [1.82, 2.24) is 19.8 Å². The van der Waals surface area contributed by atoms with Gasteiger partial charge in [-0.05, 0) is 25.0 Å². The Morgan fingerprint density at radius 3 is 2.50 bits per heavy atom. The van der Waals surface area contributed by atoms with Gasteiger partial charge < -0.3 is 9.88 Å². The maximum absolute atomic E-state index is 12.6. The number of nitrogens with one attached hydrogen (secondary N) is 1. The van der Waals surface area contributed by atoms with Gasteiger partial charge in [0.1, 0.15) is 12.4 Å². The van der Waals surface area contributed by atoms with E-state index in [1.54, 1.807) is 7.05 Å². The van der Waals surface area contributed by atoms with Gasteiger partial charge in [-0.15, -0.1) is 0 Å². The summed E-state index contributed by atoms with van der Waals surface area (Å²) in [6.45, 7) is 0.123. The van der Waals surface area contributed by atoms with Gasteiger partial charge in [0, 0.05) is 7.05 Å². The maximum atomic E-state index is 12.6. The Kier molecular flexibility index (Phi) is 4.22. The van der Waals surface area contributed by atoms with E-state index in [0.717, 1.165) is 41.6 Å². The lowest BCUT2D eigenvalue weighted by Crippen LogP contribution is -2.41. The number of benzene rings is 1. The van der Waals surface area contributed by atoms with Gasteiger partial charge in [-0.1, -0.05) is 25.0 Å². The van der Waals surface area contributed by atoms with Crippen LogP contribution in [0.15, 0.2) is 24.3 Å². The first-order valence-corrected chi connectivity index (χ1v) is 9.07. The monoisotopic (exact) mass is 354 g/mol. The van der Waals surface area contributed by atoms with Crippen LogP contribution in [-0.4, -0.2) is 51.1 Å². The minimum Gasteiger partial charge on any atom is -0.340 e. The van der Waals surface area contributed by atoms with Gasteiger partial charge in [0.15, 0.2) is 0 Å². The van der Waals surface area contributed by atoms with E-state index in [0.29, 0.717) is 12.4 Å². The number of fused-ring (bicyclic) bond motifs is 2. The summed E-state index contributed by atoms with van der Waals surface area (Å²) in [5, 5.41) is 0. The van der Waals surface area contributed by atoms with Gasteiger partial charge in [0.25, 0.3) is 0 Å². The van der Waals surface area contributed by atoms with Gasteiger partial charge >= 0.3 is 0 Å². The van der Waals surface area contributed by atoms with E-state index in [1.807, 2.05) is 24.3 Å². The van der Waals surface area contributed by atoms with Crippen LogP contribution in [0, 0.1) is 11.8 Å². The predicted octanol–water partition coefficient (Wildman–Crippen LogP) is 1.70. The van der Waals surface area contributed by atoms with Crippen molar-refractivity contribution in [3.63, 3.8) is 0 Å². The van der Waals surface area contributed by atoms with E-state index in [4.69, 9.17) is 0 Å². The van der Waals surface area contributed by atoms with Crippen molar-refractivity contribution in [2.45, 2.75) is 32.2 Å². The van der Waals surface area contributed by atoms with Crippen LogP contribution in [0.4, 0.5) is 0 Å². The van der Waals surface area contributed by atoms with Crippen molar-refractivity contribution >= 4 is 28.8 Å². The van der Waals surface area contributed by atoms with Gasteiger partial charge in [-0.3, -0.25) is 19.3 Å². The molecule has 2 aromatic rings. The molecule has 136 valence electrons. The lowest BCUT2D eigenvalue weighted by atomic mass is 9.81. The molecule has 26 heavy (non-hydrogen) atoms. The van der Waals surface area contributed by atoms with Crippen LogP contribution in [0.1, 0.15) is 31.5 Å². The molecule has 1 aliphatic heterocycles. The Morgan fingerprint density at radius 2 is 1.85 bits per heavy atom. The summed E-state index contributed by atoms with van der Waals surface area (Å²) in [7, 11) is 1.66. The molecule has 2 fully saturated rings. The Bertz CT molecular complexity index is 818. The quantitative estimate of drug-likeness (QED) is 0.847. The third-order valence-corrected chi connectivity index (χ3v) is 5.48. The highest BCUT2D eigenvalue weighted by Gasteiger charge is 2.48. The van der Waals surface area contributed by atoms with Crippen molar-refractivity contribution < 1.29 is 14.4 Å². The van der Waals surface area contributed by atoms with Crippen LogP contribution in [0.25, 0.3) is 11.0 Å². The fourth-order valence-corrected chi connectivity index (χ4v) is 4.04. The van der Waals surface area contributed by atoms with Gasteiger partial charge in [0.2, 0.25) is 17.7 Å². The number of aromatic nitrogens is 2. The average Bonchev–Trinajstić information content (AvgIpc) is 3.16. The molecule has 1 saturated carbocycles. The zero-order chi connectivity index (χ0) is 18.3. The summed E-state index contributed by atoms with van der Waals surface area (Å²) in [5.41, 5.74) is 1.76. The van der Waals surface area contributed by atoms with Crippen LogP contribution in [0.2, 0.25) is 0 Å². The summed E-state index contributed by atoms with van der Waals surface area (Å²) >= 11 is 0. The molecule has 4 rings (SSSR count). The molecule has 7 nitrogen and oxygen atoms in total. The van der Waals surface area contributed by atoms with Crippen LogP contribution in [0.3, 0.4) is 0 Å².